The van der Waals surface area contributed by atoms with Crippen molar-refractivity contribution >= 4 is 124 Å². The van der Waals surface area contributed by atoms with Gasteiger partial charge in [-0.1, -0.05) is 258 Å². The number of thiophene rings is 4. The second kappa shape index (κ2) is 35.6. The van der Waals surface area contributed by atoms with Gasteiger partial charge < -0.3 is 9.47 Å². The van der Waals surface area contributed by atoms with E-state index in [0.717, 1.165) is 206 Å². The molecule has 0 fully saturated rings. The van der Waals surface area contributed by atoms with Gasteiger partial charge in [0.1, 0.15) is 73.4 Å². The van der Waals surface area contributed by atoms with Crippen LogP contribution in [0.4, 0.5) is 22.7 Å². The van der Waals surface area contributed by atoms with Crippen LogP contribution >= 0.6 is 45.3 Å². The number of ether oxygens (including phenoxy) is 2. The zero-order valence-corrected chi connectivity index (χ0v) is 74.5. The number of hydrogen-bond acceptors (Lipinski definition) is 16. The SMILES string of the molecule is CCCCCCCCCCCCC1(CCCCCCCCCCCC)Oc2cc(-c3c4c(c(-c5cc6c(s5)-c5sc(-c7c8c(c(C)c9nc%10c(nc79)C(=NC)c7ccccc7-%10)N=S=N8)cc5OC6(CCC(C)CCCC(C)C)CCC(C)CCCC(C)C)c5nc6c(nc35)C(=NC)c3ccccc3-6)N=S=N4)sc2-c2sc(C)cc21. The smallest absolute Gasteiger partial charge is 0.140 e. The Morgan fingerprint density at radius 2 is 0.737 bits per heavy atom. The predicted octanol–water partition coefficient (Wildman–Crippen LogP) is 31.4. The van der Waals surface area contributed by atoms with Crippen LogP contribution in [-0.4, -0.2) is 45.5 Å². The first kappa shape index (κ1) is 80.7. The van der Waals surface area contributed by atoms with E-state index >= 15 is 0 Å². The lowest BCUT2D eigenvalue weighted by Crippen LogP contribution is -2.36. The van der Waals surface area contributed by atoms with Crippen molar-refractivity contribution in [1.82, 2.24) is 19.9 Å². The lowest BCUT2D eigenvalue weighted by molar-refractivity contribution is 0.0324. The van der Waals surface area contributed by atoms with Crippen LogP contribution in [0.1, 0.15) is 305 Å². The molecule has 2 aliphatic carbocycles. The highest BCUT2D eigenvalue weighted by Crippen LogP contribution is 2.65. The lowest BCUT2D eigenvalue weighted by atomic mass is 9.78. The summed E-state index contributed by atoms with van der Waals surface area (Å²) >= 11 is 9.97. The number of benzene rings is 4. The number of unbranched alkanes of at least 4 members (excludes halogenated alkanes) is 18. The number of fused-ring (bicyclic) bond motifs is 16. The Morgan fingerprint density at radius 3 is 1.19 bits per heavy atom. The van der Waals surface area contributed by atoms with E-state index in [9.17, 15) is 0 Å². The van der Waals surface area contributed by atoms with Gasteiger partial charge in [0, 0.05) is 89.2 Å². The molecule has 4 aromatic carbocycles. The van der Waals surface area contributed by atoms with Crippen molar-refractivity contribution in [1.29, 1.82) is 0 Å². The second-order valence-corrected chi connectivity index (χ2v) is 40.2. The minimum absolute atomic E-state index is 0.417. The third-order valence-corrected chi connectivity index (χ3v) is 31.2. The highest BCUT2D eigenvalue weighted by molar-refractivity contribution is 7.58. The fourth-order valence-corrected chi connectivity index (χ4v) is 25.1. The molecule has 2 atom stereocenters. The normalized spacial score (nSPS) is 16.8. The number of rotatable bonds is 39. The Balaban J connectivity index is 0.850. The van der Waals surface area contributed by atoms with Crippen molar-refractivity contribution < 1.29 is 9.47 Å². The third-order valence-electron chi connectivity index (χ3n) is 25.3. The van der Waals surface area contributed by atoms with E-state index in [0.29, 0.717) is 23.7 Å². The van der Waals surface area contributed by atoms with E-state index < -0.39 is 11.2 Å². The highest BCUT2D eigenvalue weighted by Gasteiger charge is 2.47. The molecule has 114 heavy (non-hydrogen) atoms. The molecule has 0 amide bonds. The van der Waals surface area contributed by atoms with Gasteiger partial charge in [-0.05, 0) is 113 Å². The van der Waals surface area contributed by atoms with Crippen LogP contribution in [0.2, 0.25) is 0 Å². The molecule has 4 aliphatic heterocycles. The van der Waals surface area contributed by atoms with E-state index in [4.69, 9.17) is 56.8 Å². The van der Waals surface area contributed by atoms with Crippen molar-refractivity contribution in [2.45, 2.75) is 286 Å². The second-order valence-electron chi connectivity index (χ2n) is 34.7. The van der Waals surface area contributed by atoms with Crippen molar-refractivity contribution in [3.8, 4) is 84.8 Å². The van der Waals surface area contributed by atoms with Crippen LogP contribution in [0, 0.1) is 37.5 Å². The van der Waals surface area contributed by atoms with Gasteiger partial charge in [0.05, 0.1) is 70.5 Å². The van der Waals surface area contributed by atoms with Crippen LogP contribution in [0.5, 0.6) is 11.5 Å². The largest absolute Gasteiger partial charge is 0.481 e. The van der Waals surface area contributed by atoms with E-state index in [1.165, 1.54) is 207 Å². The zero-order valence-electron chi connectivity index (χ0n) is 69.6. The predicted molar refractivity (Wildman–Crippen MR) is 490 cm³/mol. The molecule has 10 heterocycles. The fraction of sp³-hybridized carbons (Fsp3) is 0.521. The molecule has 12 nitrogen and oxygen atoms in total. The molecular weight excluding hydrogens is 1520 g/mol. The topological polar surface area (TPSA) is 144 Å². The molecular formula is C96H116N10O2S6. The van der Waals surface area contributed by atoms with Gasteiger partial charge in [-0.2, -0.15) is 17.5 Å². The van der Waals surface area contributed by atoms with Crippen LogP contribution in [0.3, 0.4) is 0 Å². The van der Waals surface area contributed by atoms with Crippen molar-refractivity contribution in [2.24, 2.45) is 51.1 Å². The Bertz CT molecular complexity index is 5410. The standard InChI is InChI=1S/C96H116N10O2S6/c1-13-15-17-19-21-23-25-27-29-35-49-95(50-36-30-28-26-24-22-20-18-16-14-2)67-53-61(9)109-91(67)93-69(107-95)55-73(111-93)76-85-84(100-82-66-46-34-32-44-64(66)80(98-12)90(82)102-85)74(87-88(76)106-114-105-87)71-54-68-92(110-71)94-70(108-96(68,51-47-59(7)41-37-39-57(3)4)52-48-60(8)42-38-40-58(5)6)56-72(112-94)75-83-77(62(10)78-86(75)104-113-103-78)99-81-65-45-33-31-43-63(65)79(97-11)89(81)101-83/h31-34,43-46,53-60H,13-30,35-42,47-52H2,1-12H3. The van der Waals surface area contributed by atoms with Gasteiger partial charge in [0.25, 0.3) is 0 Å². The molecule has 6 aromatic heterocycles. The Kier molecular flexibility index (Phi) is 25.2. The number of aromatic nitrogens is 4. The summed E-state index contributed by atoms with van der Waals surface area (Å²) in [6, 6.07) is 26.8. The number of nitrogens with zero attached hydrogens (tertiary/aromatic N) is 10. The maximum atomic E-state index is 8.17. The molecule has 16 rings (SSSR count). The van der Waals surface area contributed by atoms with Crippen LogP contribution in [0.15, 0.2) is 100 Å². The van der Waals surface area contributed by atoms with Crippen LogP contribution in [-0.2, 0) is 33.9 Å². The van der Waals surface area contributed by atoms with Crippen molar-refractivity contribution in [3.63, 3.8) is 0 Å². The minimum atomic E-state index is -0.668. The van der Waals surface area contributed by atoms with E-state index in [1.807, 2.05) is 48.1 Å². The third kappa shape index (κ3) is 15.9. The highest BCUT2D eigenvalue weighted by atomic mass is 32.1. The summed E-state index contributed by atoms with van der Waals surface area (Å²) in [7, 11) is 3.76. The summed E-state index contributed by atoms with van der Waals surface area (Å²) in [5.41, 5.74) is 21.2. The summed E-state index contributed by atoms with van der Waals surface area (Å²) in [6.45, 7) is 23.5. The summed E-state index contributed by atoms with van der Waals surface area (Å²) in [6.07, 6.45) is 39.3. The molecule has 18 heteroatoms. The molecule has 0 bridgehead atoms. The molecule has 2 unspecified atom stereocenters. The van der Waals surface area contributed by atoms with Gasteiger partial charge in [0.2, 0.25) is 0 Å². The Hall–Kier alpha value is -7.06. The molecule has 10 aromatic rings. The fourth-order valence-electron chi connectivity index (χ4n) is 18.9. The van der Waals surface area contributed by atoms with Crippen molar-refractivity contribution in [2.75, 3.05) is 14.1 Å². The van der Waals surface area contributed by atoms with Crippen molar-refractivity contribution in [3.05, 3.63) is 117 Å². The Morgan fingerprint density at radius 1 is 0.368 bits per heavy atom. The first-order valence-electron chi connectivity index (χ1n) is 43.7. The molecule has 6 aliphatic rings. The molecule has 598 valence electrons. The minimum Gasteiger partial charge on any atom is -0.481 e. The van der Waals surface area contributed by atoms with Gasteiger partial charge in [-0.3, -0.25) is 9.98 Å². The average molecular weight is 1630 g/mol. The lowest BCUT2D eigenvalue weighted by Gasteiger charge is -2.39. The molecule has 0 spiro atoms. The first-order valence-corrected chi connectivity index (χ1v) is 48.4. The summed E-state index contributed by atoms with van der Waals surface area (Å²) < 4.78 is 37.2. The zero-order chi connectivity index (χ0) is 78.8. The number of aliphatic imine (C=N–C) groups is 2. The molecule has 0 saturated heterocycles. The maximum Gasteiger partial charge on any atom is 0.140 e. The number of hydrogen-bond donors (Lipinski definition) is 0. The van der Waals surface area contributed by atoms with E-state index in [-0.39, 0.29) is 0 Å². The summed E-state index contributed by atoms with van der Waals surface area (Å²) in [5.74, 6) is 4.23. The van der Waals surface area contributed by atoms with Crippen LogP contribution in [0.25, 0.3) is 95.4 Å². The molecule has 0 radical (unpaired) electrons. The van der Waals surface area contributed by atoms with E-state index in [1.54, 1.807) is 11.3 Å². The number of aryl methyl sites for hydroxylation is 2. The summed E-state index contributed by atoms with van der Waals surface area (Å²) in [4.78, 5) is 42.6. The Labute approximate surface area is 701 Å². The van der Waals surface area contributed by atoms with Gasteiger partial charge in [0.15, 0.2) is 0 Å². The first-order chi connectivity index (χ1) is 55.6. The van der Waals surface area contributed by atoms with Gasteiger partial charge in [-0.15, -0.1) is 45.3 Å². The monoisotopic (exact) mass is 1630 g/mol. The maximum absolute atomic E-state index is 8.17. The van der Waals surface area contributed by atoms with E-state index in [2.05, 4.69) is 142 Å². The molecule has 0 N–H and O–H groups in total. The average Bonchev–Trinajstić information content (AvgIpc) is 1.53. The van der Waals surface area contributed by atoms with Gasteiger partial charge >= 0.3 is 0 Å². The van der Waals surface area contributed by atoms with Gasteiger partial charge in [-0.25, -0.2) is 19.9 Å². The molecule has 0 saturated carbocycles. The van der Waals surface area contributed by atoms with Crippen LogP contribution < -0.4 is 9.47 Å². The quantitative estimate of drug-likeness (QED) is 0.0351. The summed E-state index contributed by atoms with van der Waals surface area (Å²) in [5, 5.41) is 0.